The van der Waals surface area contributed by atoms with E-state index in [0.717, 1.165) is 22.6 Å². The Bertz CT molecular complexity index is 2310. The number of rotatable bonds is 3. The molecule has 1 nitrogen and oxygen atoms in total. The van der Waals surface area contributed by atoms with Crippen molar-refractivity contribution >= 4 is 32.3 Å². The smallest absolute Gasteiger partial charge is 0.143 e. The van der Waals surface area contributed by atoms with E-state index in [0.29, 0.717) is 0 Å². The summed E-state index contributed by atoms with van der Waals surface area (Å²) in [5, 5.41) is 7.26. The van der Waals surface area contributed by atoms with E-state index >= 15 is 0 Å². The molecule has 8 aromatic carbocycles. The molecule has 0 saturated carbocycles. The van der Waals surface area contributed by atoms with E-state index in [1.807, 2.05) is 0 Å². The van der Waals surface area contributed by atoms with Crippen molar-refractivity contribution < 1.29 is 4.74 Å². The van der Waals surface area contributed by atoms with Crippen LogP contribution in [0.5, 0.6) is 11.5 Å². The van der Waals surface area contributed by atoms with Crippen molar-refractivity contribution in [3.8, 4) is 56.0 Å². The molecule has 1 aliphatic heterocycles. The van der Waals surface area contributed by atoms with E-state index in [4.69, 9.17) is 4.74 Å². The van der Waals surface area contributed by atoms with Crippen molar-refractivity contribution in [2.24, 2.45) is 0 Å². The van der Waals surface area contributed by atoms with Gasteiger partial charge >= 0.3 is 0 Å². The lowest BCUT2D eigenvalue weighted by molar-refractivity contribution is 0.489. The van der Waals surface area contributed by atoms with Crippen molar-refractivity contribution in [1.82, 2.24) is 0 Å². The van der Waals surface area contributed by atoms with Gasteiger partial charge in [0.2, 0.25) is 0 Å². The lowest BCUT2D eigenvalue weighted by Crippen LogP contribution is -2.00. The van der Waals surface area contributed by atoms with Gasteiger partial charge in [0, 0.05) is 22.1 Å². The molecule has 1 heterocycles. The summed E-state index contributed by atoms with van der Waals surface area (Å²) in [6.07, 6.45) is 0. The summed E-state index contributed by atoms with van der Waals surface area (Å²) < 4.78 is 6.82. The molecule has 0 aromatic heterocycles. The number of hydrogen-bond acceptors (Lipinski definition) is 1. The molecule has 43 heavy (non-hydrogen) atoms. The van der Waals surface area contributed by atoms with Gasteiger partial charge in [-0.2, -0.15) is 0 Å². The van der Waals surface area contributed by atoms with Crippen molar-refractivity contribution in [2.75, 3.05) is 0 Å². The van der Waals surface area contributed by atoms with Gasteiger partial charge in [0.15, 0.2) is 0 Å². The molecule has 0 spiro atoms. The Morgan fingerprint density at radius 2 is 0.860 bits per heavy atom. The van der Waals surface area contributed by atoms with Gasteiger partial charge in [-0.05, 0) is 66.9 Å². The maximum absolute atomic E-state index is 6.82. The molecule has 0 radical (unpaired) electrons. The summed E-state index contributed by atoms with van der Waals surface area (Å²) >= 11 is 0. The van der Waals surface area contributed by atoms with Gasteiger partial charge < -0.3 is 4.74 Å². The molecule has 8 aromatic rings. The minimum Gasteiger partial charge on any atom is -0.455 e. The average molecular weight is 547 g/mol. The van der Waals surface area contributed by atoms with Crippen LogP contribution >= 0.6 is 0 Å². The SMILES string of the molecule is c1ccc(-c2ccccc2-c2c3ccccc3c(-c3ccc4cccc5c4c3Oc3ccccc3-5)c3ccccc23)cc1. The van der Waals surface area contributed by atoms with Crippen LogP contribution in [0.1, 0.15) is 0 Å². The zero-order chi connectivity index (χ0) is 28.3. The molecule has 0 fully saturated rings. The number of benzene rings is 8. The minimum absolute atomic E-state index is 0.900. The second kappa shape index (κ2) is 9.44. The molecule has 0 bridgehead atoms. The second-order valence-corrected chi connectivity index (χ2v) is 11.2. The Balaban J connectivity index is 1.41. The number of hydrogen-bond donors (Lipinski definition) is 0. The zero-order valence-electron chi connectivity index (χ0n) is 23.4. The predicted molar refractivity (Wildman–Crippen MR) is 181 cm³/mol. The van der Waals surface area contributed by atoms with Crippen LogP contribution in [-0.4, -0.2) is 0 Å². The van der Waals surface area contributed by atoms with Crippen molar-refractivity contribution in [3.63, 3.8) is 0 Å². The summed E-state index contributed by atoms with van der Waals surface area (Å²) in [4.78, 5) is 0. The fourth-order valence-electron chi connectivity index (χ4n) is 7.04. The Labute approximate surface area is 250 Å². The van der Waals surface area contributed by atoms with E-state index in [1.54, 1.807) is 0 Å². The maximum atomic E-state index is 6.82. The van der Waals surface area contributed by atoms with Crippen LogP contribution in [0, 0.1) is 0 Å². The molecule has 0 aliphatic carbocycles. The first-order valence-electron chi connectivity index (χ1n) is 14.8. The maximum Gasteiger partial charge on any atom is 0.143 e. The molecule has 0 N–H and O–H groups in total. The first kappa shape index (κ1) is 24.0. The summed E-state index contributed by atoms with van der Waals surface area (Å²) in [6, 6.07) is 56.6. The first-order chi connectivity index (χ1) is 21.4. The Morgan fingerprint density at radius 3 is 1.56 bits per heavy atom. The topological polar surface area (TPSA) is 9.23 Å². The highest BCUT2D eigenvalue weighted by atomic mass is 16.5. The normalized spacial score (nSPS) is 11.9. The molecule has 0 saturated heterocycles. The van der Waals surface area contributed by atoms with E-state index < -0.39 is 0 Å². The summed E-state index contributed by atoms with van der Waals surface area (Å²) in [5.41, 5.74) is 9.63. The van der Waals surface area contributed by atoms with Gasteiger partial charge in [-0.3, -0.25) is 0 Å². The Kier molecular flexibility index (Phi) is 5.27. The van der Waals surface area contributed by atoms with Gasteiger partial charge in [-0.25, -0.2) is 0 Å². The van der Waals surface area contributed by atoms with Gasteiger partial charge in [-0.1, -0.05) is 146 Å². The third-order valence-electron chi connectivity index (χ3n) is 8.87. The Hall–Kier alpha value is -5.66. The summed E-state index contributed by atoms with van der Waals surface area (Å²) in [5.74, 6) is 1.83. The van der Waals surface area contributed by atoms with Crippen LogP contribution in [-0.2, 0) is 0 Å². The third kappa shape index (κ3) is 3.58. The minimum atomic E-state index is 0.900. The van der Waals surface area contributed by atoms with Crippen LogP contribution in [0.25, 0.3) is 76.8 Å². The summed E-state index contributed by atoms with van der Waals surface area (Å²) in [7, 11) is 0. The monoisotopic (exact) mass is 546 g/mol. The highest BCUT2D eigenvalue weighted by molar-refractivity contribution is 6.24. The van der Waals surface area contributed by atoms with Crippen LogP contribution in [0.2, 0.25) is 0 Å². The lowest BCUT2D eigenvalue weighted by atomic mass is 9.82. The van der Waals surface area contributed by atoms with Gasteiger partial charge in [0.1, 0.15) is 11.5 Å². The molecule has 1 aliphatic rings. The molecule has 1 heteroatoms. The van der Waals surface area contributed by atoms with E-state index in [-0.39, 0.29) is 0 Å². The van der Waals surface area contributed by atoms with E-state index in [1.165, 1.54) is 65.7 Å². The quantitative estimate of drug-likeness (QED) is 0.200. The number of ether oxygens (including phenoxy) is 1. The van der Waals surface area contributed by atoms with Crippen molar-refractivity contribution in [1.29, 1.82) is 0 Å². The third-order valence-corrected chi connectivity index (χ3v) is 8.87. The number of para-hydroxylation sites is 1. The molecular weight excluding hydrogens is 520 g/mol. The van der Waals surface area contributed by atoms with Crippen LogP contribution in [0.4, 0.5) is 0 Å². The summed E-state index contributed by atoms with van der Waals surface area (Å²) in [6.45, 7) is 0. The van der Waals surface area contributed by atoms with Crippen LogP contribution in [0.15, 0.2) is 158 Å². The second-order valence-electron chi connectivity index (χ2n) is 11.2. The highest BCUT2D eigenvalue weighted by Gasteiger charge is 2.26. The van der Waals surface area contributed by atoms with E-state index in [2.05, 4.69) is 158 Å². The fraction of sp³-hybridized carbons (Fsp3) is 0. The standard InChI is InChI=1S/C42H26O/c1-2-13-27(14-3-1)29-16-4-5-18-31(29)40-33-19-6-8-21-35(33)41(36-22-9-7-20-34(36)40)37-26-25-28-15-12-23-32-30-17-10-11-24-38(30)43-42(37)39(28)32/h1-26H. The van der Waals surface area contributed by atoms with Gasteiger partial charge in [0.05, 0.1) is 0 Å². The Morgan fingerprint density at radius 1 is 0.326 bits per heavy atom. The van der Waals surface area contributed by atoms with Gasteiger partial charge in [0.25, 0.3) is 0 Å². The lowest BCUT2D eigenvalue weighted by Gasteiger charge is -2.25. The zero-order valence-corrected chi connectivity index (χ0v) is 23.4. The fourth-order valence-corrected chi connectivity index (χ4v) is 7.04. The molecule has 9 rings (SSSR count). The largest absolute Gasteiger partial charge is 0.455 e. The number of fused-ring (bicyclic) bond motifs is 4. The average Bonchev–Trinajstić information content (AvgIpc) is 3.08. The molecule has 0 amide bonds. The molecule has 0 atom stereocenters. The van der Waals surface area contributed by atoms with Crippen molar-refractivity contribution in [2.45, 2.75) is 0 Å². The van der Waals surface area contributed by atoms with Crippen LogP contribution < -0.4 is 4.74 Å². The van der Waals surface area contributed by atoms with E-state index in [9.17, 15) is 0 Å². The van der Waals surface area contributed by atoms with Gasteiger partial charge in [-0.15, -0.1) is 0 Å². The first-order valence-corrected chi connectivity index (χ1v) is 14.8. The van der Waals surface area contributed by atoms with Crippen LogP contribution in [0.3, 0.4) is 0 Å². The van der Waals surface area contributed by atoms with Crippen molar-refractivity contribution in [3.05, 3.63) is 158 Å². The molecule has 0 unspecified atom stereocenters. The predicted octanol–water partition coefficient (Wildman–Crippen LogP) is 11.9. The molecular formula is C42H26O. The molecule has 200 valence electrons. The highest BCUT2D eigenvalue weighted by Crippen LogP contribution is 2.53.